The van der Waals surface area contributed by atoms with Crippen LogP contribution in [0.15, 0.2) is 22.8 Å². The van der Waals surface area contributed by atoms with Crippen molar-refractivity contribution in [3.05, 3.63) is 24.2 Å². The maximum absolute atomic E-state index is 5.30. The molecule has 1 rings (SSSR count). The largest absolute Gasteiger partial charge is 0.469 e. The smallest absolute Gasteiger partial charge is 0.103 e. The average Bonchev–Trinajstić information content (AvgIpc) is 2.67. The summed E-state index contributed by atoms with van der Waals surface area (Å²) in [4.78, 5) is 0. The second-order valence-electron chi connectivity index (χ2n) is 3.28. The van der Waals surface area contributed by atoms with Crippen molar-refractivity contribution in [2.45, 2.75) is 32.2 Å². The van der Waals surface area contributed by atoms with E-state index in [2.05, 4.69) is 18.2 Å². The van der Waals surface area contributed by atoms with Gasteiger partial charge in [-0.3, -0.25) is 0 Å². The third kappa shape index (κ3) is 3.68. The Kier molecular flexibility index (Phi) is 4.88. The molecule has 0 aliphatic heterocycles. The topological polar surface area (TPSA) is 25.2 Å². The molecule has 14 heavy (non-hydrogen) atoms. The molecule has 1 atom stereocenters. The van der Waals surface area contributed by atoms with Gasteiger partial charge in [0.1, 0.15) is 5.76 Å². The van der Waals surface area contributed by atoms with Gasteiger partial charge in [0.05, 0.1) is 6.26 Å². The Hall–Kier alpha value is -1.20. The van der Waals surface area contributed by atoms with Crippen LogP contribution in [0.1, 0.15) is 25.5 Å². The van der Waals surface area contributed by atoms with E-state index in [1.807, 2.05) is 12.1 Å². The lowest BCUT2D eigenvalue weighted by Crippen LogP contribution is -2.28. The van der Waals surface area contributed by atoms with E-state index in [4.69, 9.17) is 10.8 Å². The first-order valence-electron chi connectivity index (χ1n) is 5.06. The molecule has 0 saturated carbocycles. The standard InChI is InChI=1S/C12H17NO/c1-3-6-11(13-4-2)8-9-12-7-5-10-14-12/h1,5,7,10-11,13H,4,6,8-9H2,2H3. The summed E-state index contributed by atoms with van der Waals surface area (Å²) in [5, 5.41) is 3.36. The van der Waals surface area contributed by atoms with Crippen LogP contribution in [0.25, 0.3) is 0 Å². The Morgan fingerprint density at radius 1 is 1.64 bits per heavy atom. The van der Waals surface area contributed by atoms with E-state index in [1.54, 1.807) is 6.26 Å². The molecule has 2 heteroatoms. The molecule has 2 nitrogen and oxygen atoms in total. The molecule has 1 unspecified atom stereocenters. The zero-order valence-corrected chi connectivity index (χ0v) is 8.62. The zero-order valence-electron chi connectivity index (χ0n) is 8.62. The van der Waals surface area contributed by atoms with Gasteiger partial charge in [-0.15, -0.1) is 12.3 Å². The van der Waals surface area contributed by atoms with Crippen LogP contribution in [-0.4, -0.2) is 12.6 Å². The summed E-state index contributed by atoms with van der Waals surface area (Å²) >= 11 is 0. The fraction of sp³-hybridized carbons (Fsp3) is 0.500. The third-order valence-electron chi connectivity index (χ3n) is 2.18. The lowest BCUT2D eigenvalue weighted by Gasteiger charge is -2.13. The highest BCUT2D eigenvalue weighted by Crippen LogP contribution is 2.07. The maximum Gasteiger partial charge on any atom is 0.103 e. The molecule has 0 radical (unpaired) electrons. The van der Waals surface area contributed by atoms with Crippen molar-refractivity contribution in [1.82, 2.24) is 5.32 Å². The fourth-order valence-electron chi connectivity index (χ4n) is 1.48. The van der Waals surface area contributed by atoms with E-state index in [0.717, 1.165) is 31.6 Å². The van der Waals surface area contributed by atoms with Crippen LogP contribution < -0.4 is 5.32 Å². The molecule has 0 bridgehead atoms. The Bertz CT molecular complexity index is 271. The first-order valence-corrected chi connectivity index (χ1v) is 5.06. The van der Waals surface area contributed by atoms with Gasteiger partial charge in [0.15, 0.2) is 0 Å². The summed E-state index contributed by atoms with van der Waals surface area (Å²) in [7, 11) is 0. The van der Waals surface area contributed by atoms with Gasteiger partial charge in [-0.1, -0.05) is 6.92 Å². The van der Waals surface area contributed by atoms with Gasteiger partial charge in [-0.2, -0.15) is 0 Å². The molecule has 1 heterocycles. The number of furan rings is 1. The Labute approximate surface area is 85.7 Å². The fourth-order valence-corrected chi connectivity index (χ4v) is 1.48. The van der Waals surface area contributed by atoms with Crippen molar-refractivity contribution in [2.75, 3.05) is 6.54 Å². The molecule has 1 aromatic heterocycles. The number of hydrogen-bond acceptors (Lipinski definition) is 2. The predicted molar refractivity (Wildman–Crippen MR) is 57.9 cm³/mol. The van der Waals surface area contributed by atoms with Crippen LogP contribution >= 0.6 is 0 Å². The lowest BCUT2D eigenvalue weighted by atomic mass is 10.1. The molecule has 1 aromatic rings. The molecule has 76 valence electrons. The number of terminal acetylenes is 1. The summed E-state index contributed by atoms with van der Waals surface area (Å²) in [5.41, 5.74) is 0. The zero-order chi connectivity index (χ0) is 10.2. The number of nitrogens with one attached hydrogen (secondary N) is 1. The predicted octanol–water partition coefficient (Wildman–Crippen LogP) is 2.21. The lowest BCUT2D eigenvalue weighted by molar-refractivity contribution is 0.454. The van der Waals surface area contributed by atoms with Gasteiger partial charge in [0, 0.05) is 18.9 Å². The van der Waals surface area contributed by atoms with Crippen molar-refractivity contribution in [3.63, 3.8) is 0 Å². The van der Waals surface area contributed by atoms with Gasteiger partial charge in [-0.05, 0) is 25.1 Å². The summed E-state index contributed by atoms with van der Waals surface area (Å²) in [5.74, 6) is 3.72. The average molecular weight is 191 g/mol. The molecule has 0 aromatic carbocycles. The van der Waals surface area contributed by atoms with Crippen molar-refractivity contribution in [2.24, 2.45) is 0 Å². The highest BCUT2D eigenvalue weighted by molar-refractivity contribution is 4.99. The first-order chi connectivity index (χ1) is 6.86. The molecule has 0 fully saturated rings. The van der Waals surface area contributed by atoms with E-state index in [1.165, 1.54) is 0 Å². The summed E-state index contributed by atoms with van der Waals surface area (Å²) < 4.78 is 5.26. The van der Waals surface area contributed by atoms with E-state index in [9.17, 15) is 0 Å². The van der Waals surface area contributed by atoms with Gasteiger partial charge in [-0.25, -0.2) is 0 Å². The summed E-state index contributed by atoms with van der Waals surface area (Å²) in [6.45, 7) is 3.06. The molecular formula is C12H17NO. The second-order valence-corrected chi connectivity index (χ2v) is 3.28. The van der Waals surface area contributed by atoms with Crippen molar-refractivity contribution in [3.8, 4) is 12.3 Å². The van der Waals surface area contributed by atoms with Crippen molar-refractivity contribution >= 4 is 0 Å². The summed E-state index contributed by atoms with van der Waals surface area (Å²) in [6, 6.07) is 4.33. The third-order valence-corrected chi connectivity index (χ3v) is 2.18. The van der Waals surface area contributed by atoms with Crippen LogP contribution in [0.4, 0.5) is 0 Å². The molecule has 0 saturated heterocycles. The van der Waals surface area contributed by atoms with E-state index >= 15 is 0 Å². The van der Waals surface area contributed by atoms with Crippen molar-refractivity contribution in [1.29, 1.82) is 0 Å². The van der Waals surface area contributed by atoms with E-state index < -0.39 is 0 Å². The quantitative estimate of drug-likeness (QED) is 0.697. The minimum Gasteiger partial charge on any atom is -0.469 e. The van der Waals surface area contributed by atoms with Gasteiger partial charge >= 0.3 is 0 Å². The molecule has 0 spiro atoms. The number of rotatable bonds is 6. The maximum atomic E-state index is 5.30. The van der Waals surface area contributed by atoms with Crippen LogP contribution in [0.5, 0.6) is 0 Å². The normalized spacial score (nSPS) is 12.3. The Balaban J connectivity index is 2.30. The van der Waals surface area contributed by atoms with Crippen LogP contribution in [-0.2, 0) is 6.42 Å². The second kappa shape index (κ2) is 6.28. The monoisotopic (exact) mass is 191 g/mol. The minimum absolute atomic E-state index is 0.412. The van der Waals surface area contributed by atoms with Gasteiger partial charge in [0.2, 0.25) is 0 Å². The molecule has 0 amide bonds. The highest BCUT2D eigenvalue weighted by atomic mass is 16.3. The highest BCUT2D eigenvalue weighted by Gasteiger charge is 2.06. The number of hydrogen-bond donors (Lipinski definition) is 1. The molecule has 0 aliphatic carbocycles. The molecule has 1 N–H and O–H groups in total. The molecular weight excluding hydrogens is 174 g/mol. The van der Waals surface area contributed by atoms with Gasteiger partial charge < -0.3 is 9.73 Å². The van der Waals surface area contributed by atoms with Crippen LogP contribution in [0.2, 0.25) is 0 Å². The first kappa shape index (κ1) is 10.9. The Morgan fingerprint density at radius 2 is 2.50 bits per heavy atom. The molecule has 0 aliphatic rings. The SMILES string of the molecule is C#CCC(CCc1ccco1)NCC. The van der Waals surface area contributed by atoms with E-state index in [0.29, 0.717) is 6.04 Å². The van der Waals surface area contributed by atoms with Crippen LogP contribution in [0, 0.1) is 12.3 Å². The van der Waals surface area contributed by atoms with Crippen molar-refractivity contribution < 1.29 is 4.42 Å². The van der Waals surface area contributed by atoms with E-state index in [-0.39, 0.29) is 0 Å². The number of aryl methyl sites for hydroxylation is 1. The Morgan fingerprint density at radius 3 is 3.07 bits per heavy atom. The summed E-state index contributed by atoms with van der Waals surface area (Å²) in [6.07, 6.45) is 9.77. The van der Waals surface area contributed by atoms with Crippen LogP contribution in [0.3, 0.4) is 0 Å². The minimum atomic E-state index is 0.412. The van der Waals surface area contributed by atoms with Gasteiger partial charge in [0.25, 0.3) is 0 Å².